The second-order valence-corrected chi connectivity index (χ2v) is 6.34. The first-order valence-corrected chi connectivity index (χ1v) is 7.52. The monoisotopic (exact) mass is 312 g/mol. The Labute approximate surface area is 130 Å². The quantitative estimate of drug-likeness (QED) is 0.846. The number of hydrogen-bond acceptors (Lipinski definition) is 3. The molecule has 0 aromatic heterocycles. The van der Waals surface area contributed by atoms with Crippen LogP contribution in [-0.4, -0.2) is 61.8 Å². The first kappa shape index (κ1) is 16.1. The maximum atomic E-state index is 11.9. The molecule has 1 aliphatic heterocycles. The highest BCUT2D eigenvalue weighted by Crippen LogP contribution is 2.25. The number of nitrogens with two attached hydrogens (primary N) is 1. The number of carbonyl (C=O) groups excluding carboxylic acids is 1. The standard InChI is InChI=1S/C15H22ClN3O2/c1-18(2)7-9-19(15(17)20)8-6-14(11-19)21-13-5-3-4-12(16)10-13/h3-5,10,14H,6-9,11H2,1-2H3,(H-,17,20)/p+1. The Hall–Kier alpha value is -1.30. The molecule has 2 N–H and O–H groups in total. The van der Waals surface area contributed by atoms with Crippen LogP contribution in [0.4, 0.5) is 4.79 Å². The number of halogens is 1. The maximum absolute atomic E-state index is 11.9. The van der Waals surface area contributed by atoms with Gasteiger partial charge in [-0.3, -0.25) is 0 Å². The SMILES string of the molecule is CN(C)CC[N+]1(C(N)=O)CCC(Oc2cccc(Cl)c2)C1. The Morgan fingerprint density at radius 3 is 2.90 bits per heavy atom. The van der Waals surface area contributed by atoms with Gasteiger partial charge < -0.3 is 15.4 Å². The van der Waals surface area contributed by atoms with Gasteiger partial charge in [-0.15, -0.1) is 0 Å². The van der Waals surface area contributed by atoms with Crippen LogP contribution in [0, 0.1) is 0 Å². The largest absolute Gasteiger partial charge is 0.484 e. The van der Waals surface area contributed by atoms with Crippen molar-refractivity contribution in [1.29, 1.82) is 0 Å². The number of nitrogens with zero attached hydrogens (tertiary/aromatic N) is 2. The lowest BCUT2D eigenvalue weighted by Crippen LogP contribution is -2.57. The summed E-state index contributed by atoms with van der Waals surface area (Å²) in [5.41, 5.74) is 5.64. The molecule has 1 fully saturated rings. The van der Waals surface area contributed by atoms with E-state index in [4.69, 9.17) is 22.1 Å². The molecule has 0 radical (unpaired) electrons. The Bertz CT molecular complexity index is 509. The minimum absolute atomic E-state index is 0.00173. The number of carbonyl (C=O) groups is 1. The van der Waals surface area contributed by atoms with Crippen molar-refractivity contribution in [3.05, 3.63) is 29.3 Å². The zero-order valence-electron chi connectivity index (χ0n) is 12.6. The zero-order valence-corrected chi connectivity index (χ0v) is 13.3. The summed E-state index contributed by atoms with van der Waals surface area (Å²) in [6.45, 7) is 2.90. The van der Waals surface area contributed by atoms with Crippen LogP contribution in [0.1, 0.15) is 6.42 Å². The van der Waals surface area contributed by atoms with E-state index in [0.29, 0.717) is 16.1 Å². The molecule has 1 aromatic rings. The first-order chi connectivity index (χ1) is 9.91. The van der Waals surface area contributed by atoms with Gasteiger partial charge in [-0.1, -0.05) is 17.7 Å². The maximum Gasteiger partial charge on any atom is 0.414 e. The smallest absolute Gasteiger partial charge is 0.414 e. The molecule has 2 atom stereocenters. The van der Waals surface area contributed by atoms with E-state index in [1.54, 1.807) is 6.07 Å². The van der Waals surface area contributed by atoms with Crippen LogP contribution in [0.25, 0.3) is 0 Å². The molecular weight excluding hydrogens is 290 g/mol. The van der Waals surface area contributed by atoms with Crippen molar-refractivity contribution < 1.29 is 14.0 Å². The molecular formula is C15H23ClN3O2+. The molecule has 0 aliphatic carbocycles. The zero-order chi connectivity index (χ0) is 15.5. The van der Waals surface area contributed by atoms with Gasteiger partial charge in [-0.2, -0.15) is 0 Å². The van der Waals surface area contributed by atoms with Crippen LogP contribution in [0.5, 0.6) is 5.75 Å². The van der Waals surface area contributed by atoms with E-state index >= 15 is 0 Å². The van der Waals surface area contributed by atoms with Crippen LogP contribution < -0.4 is 10.5 Å². The molecule has 0 saturated carbocycles. The van der Waals surface area contributed by atoms with Crippen molar-refractivity contribution in [3.8, 4) is 5.75 Å². The number of likely N-dealkylation sites (N-methyl/N-ethyl adjacent to an activating group) is 1. The van der Waals surface area contributed by atoms with Gasteiger partial charge in [0, 0.05) is 18.0 Å². The summed E-state index contributed by atoms with van der Waals surface area (Å²) in [5.74, 6) is 0.740. The molecule has 2 unspecified atom stereocenters. The second kappa shape index (κ2) is 6.64. The Morgan fingerprint density at radius 2 is 2.29 bits per heavy atom. The molecule has 6 heteroatoms. The topological polar surface area (TPSA) is 55.6 Å². The van der Waals surface area contributed by atoms with Gasteiger partial charge in [0.2, 0.25) is 0 Å². The first-order valence-electron chi connectivity index (χ1n) is 7.14. The number of likely N-dealkylation sites (tertiary alicyclic amines) is 1. The number of urea groups is 1. The lowest BCUT2D eigenvalue weighted by molar-refractivity contribution is -0.837. The van der Waals surface area contributed by atoms with E-state index in [0.717, 1.165) is 31.8 Å². The number of hydrogen-bond donors (Lipinski definition) is 1. The molecule has 2 amide bonds. The molecule has 1 aliphatic rings. The van der Waals surface area contributed by atoms with Crippen molar-refractivity contribution >= 4 is 17.6 Å². The molecule has 1 heterocycles. The van der Waals surface area contributed by atoms with Gasteiger partial charge in [0.25, 0.3) is 0 Å². The lowest BCUT2D eigenvalue weighted by atomic mass is 10.3. The fourth-order valence-electron chi connectivity index (χ4n) is 2.70. The Balaban J connectivity index is 2.01. The molecule has 1 saturated heterocycles. The predicted molar refractivity (Wildman–Crippen MR) is 83.5 cm³/mol. The summed E-state index contributed by atoms with van der Waals surface area (Å²) in [6, 6.07) is 7.06. The lowest BCUT2D eigenvalue weighted by Gasteiger charge is -2.30. The van der Waals surface area contributed by atoms with Crippen molar-refractivity contribution in [3.63, 3.8) is 0 Å². The normalized spacial score (nSPS) is 25.2. The third-order valence-corrected chi connectivity index (χ3v) is 4.21. The van der Waals surface area contributed by atoms with E-state index in [1.165, 1.54) is 0 Å². The highest BCUT2D eigenvalue weighted by Gasteiger charge is 2.44. The number of ether oxygens (including phenoxy) is 1. The summed E-state index contributed by atoms with van der Waals surface area (Å²) in [6.07, 6.45) is 0.821. The van der Waals surface area contributed by atoms with E-state index in [-0.39, 0.29) is 12.1 Å². The van der Waals surface area contributed by atoms with Crippen molar-refractivity contribution in [1.82, 2.24) is 4.90 Å². The van der Waals surface area contributed by atoms with Gasteiger partial charge in [0.15, 0.2) is 6.10 Å². The minimum atomic E-state index is -0.269. The molecule has 5 nitrogen and oxygen atoms in total. The molecule has 21 heavy (non-hydrogen) atoms. The predicted octanol–water partition coefficient (Wildman–Crippen LogP) is 1.95. The van der Waals surface area contributed by atoms with Gasteiger partial charge in [-0.05, 0) is 32.3 Å². The Morgan fingerprint density at radius 1 is 1.52 bits per heavy atom. The van der Waals surface area contributed by atoms with E-state index in [2.05, 4.69) is 4.90 Å². The van der Waals surface area contributed by atoms with E-state index in [1.807, 2.05) is 32.3 Å². The molecule has 0 bridgehead atoms. The van der Waals surface area contributed by atoms with Crippen LogP contribution in [0.2, 0.25) is 5.02 Å². The minimum Gasteiger partial charge on any atom is -0.484 e. The van der Waals surface area contributed by atoms with Crippen LogP contribution in [0.15, 0.2) is 24.3 Å². The van der Waals surface area contributed by atoms with E-state index < -0.39 is 0 Å². The average Bonchev–Trinajstić information content (AvgIpc) is 2.81. The van der Waals surface area contributed by atoms with Gasteiger partial charge in [0.1, 0.15) is 18.8 Å². The third kappa shape index (κ3) is 4.09. The number of quaternary nitrogens is 1. The number of primary amides is 1. The molecule has 0 spiro atoms. The van der Waals surface area contributed by atoms with Crippen LogP contribution in [0.3, 0.4) is 0 Å². The molecule has 116 valence electrons. The van der Waals surface area contributed by atoms with Crippen molar-refractivity contribution in [2.45, 2.75) is 12.5 Å². The van der Waals surface area contributed by atoms with Gasteiger partial charge in [0.05, 0.1) is 6.54 Å². The number of rotatable bonds is 5. The van der Waals surface area contributed by atoms with Crippen molar-refractivity contribution in [2.75, 3.05) is 40.3 Å². The van der Waals surface area contributed by atoms with Gasteiger partial charge >= 0.3 is 6.03 Å². The summed E-state index contributed by atoms with van der Waals surface area (Å²) >= 11 is 5.96. The van der Waals surface area contributed by atoms with Crippen molar-refractivity contribution in [2.24, 2.45) is 5.73 Å². The number of benzene rings is 1. The molecule has 1 aromatic carbocycles. The van der Waals surface area contributed by atoms with Crippen LogP contribution >= 0.6 is 11.6 Å². The fraction of sp³-hybridized carbons (Fsp3) is 0.533. The van der Waals surface area contributed by atoms with Crippen LogP contribution in [-0.2, 0) is 0 Å². The fourth-order valence-corrected chi connectivity index (χ4v) is 2.88. The molecule has 2 rings (SSSR count). The average molecular weight is 313 g/mol. The van der Waals surface area contributed by atoms with Gasteiger partial charge in [-0.25, -0.2) is 9.28 Å². The third-order valence-electron chi connectivity index (χ3n) is 3.97. The second-order valence-electron chi connectivity index (χ2n) is 5.90. The summed E-state index contributed by atoms with van der Waals surface area (Å²) in [7, 11) is 3.99. The Kier molecular flexibility index (Phi) is 5.08. The highest BCUT2D eigenvalue weighted by molar-refractivity contribution is 6.30. The summed E-state index contributed by atoms with van der Waals surface area (Å²) in [5, 5.41) is 0.647. The summed E-state index contributed by atoms with van der Waals surface area (Å²) < 4.78 is 6.24. The highest BCUT2D eigenvalue weighted by atomic mass is 35.5. The van der Waals surface area contributed by atoms with E-state index in [9.17, 15) is 4.79 Å². The number of amides is 2. The summed E-state index contributed by atoms with van der Waals surface area (Å²) in [4.78, 5) is 14.0.